The lowest BCUT2D eigenvalue weighted by Gasteiger charge is -2.31. The lowest BCUT2D eigenvalue weighted by atomic mass is 9.93. The van der Waals surface area contributed by atoms with Gasteiger partial charge < -0.3 is 24.8 Å². The number of ether oxygens (including phenoxy) is 2. The molecule has 44 heavy (non-hydrogen) atoms. The van der Waals surface area contributed by atoms with Crippen LogP contribution in [0.4, 0.5) is 0 Å². The van der Waals surface area contributed by atoms with Gasteiger partial charge in [0.2, 0.25) is 0 Å². The lowest BCUT2D eigenvalue weighted by Crippen LogP contribution is -2.44. The lowest BCUT2D eigenvalue weighted by molar-refractivity contribution is -0.128. The fraction of sp³-hybridized carbons (Fsp3) is 0.438. The van der Waals surface area contributed by atoms with Crippen molar-refractivity contribution in [2.45, 2.75) is 76.4 Å². The first-order valence-corrected chi connectivity index (χ1v) is 17.1. The Kier molecular flexibility index (Phi) is 10.1. The number of hydrogen-bond acceptors (Lipinski definition) is 7. The molecule has 2 N–H and O–H groups in total. The number of aromatic nitrogens is 1. The third kappa shape index (κ3) is 7.08. The highest BCUT2D eigenvalue weighted by atomic mass is 35.5. The largest absolute Gasteiger partial charge is 0.488 e. The molecule has 1 saturated heterocycles. The van der Waals surface area contributed by atoms with E-state index in [4.69, 9.17) is 55.9 Å². The fourth-order valence-electron chi connectivity index (χ4n) is 5.88. The molecule has 0 radical (unpaired) electrons. The maximum Gasteiger partial charge on any atom is 0.252 e. The number of fused-ring (bicyclic) bond motifs is 2. The molecule has 1 saturated carbocycles. The standard InChI is InChI=1S/C32H33Cl4N3O4S/c1-17(40)19-11-24(34)31(25(35)12-19)43-10-9-42-16-28-37-14-27(44-28)22-13-20-5-8-26(38-20)29(22)32(41)39(21-6-7-21)15-18-3-2-4-23(33)30(18)36/h2-4,11-12,14,17,20-21,26,38,40H,5-10,13,15-16H2,1H3/t17-,20-,26+/m1/s1. The molecule has 2 aromatic carbocycles. The van der Waals surface area contributed by atoms with Gasteiger partial charge in [-0.3, -0.25) is 4.79 Å². The van der Waals surface area contributed by atoms with Crippen molar-refractivity contribution < 1.29 is 19.4 Å². The van der Waals surface area contributed by atoms with Crippen molar-refractivity contribution in [3.8, 4) is 5.75 Å². The minimum Gasteiger partial charge on any atom is -0.488 e. The van der Waals surface area contributed by atoms with Crippen LogP contribution in [0.5, 0.6) is 5.75 Å². The summed E-state index contributed by atoms with van der Waals surface area (Å²) in [5.74, 6) is 0.430. The molecule has 6 rings (SSSR count). The van der Waals surface area contributed by atoms with E-state index in [9.17, 15) is 9.90 Å². The molecule has 1 aliphatic carbocycles. The zero-order valence-corrected chi connectivity index (χ0v) is 28.0. The van der Waals surface area contributed by atoms with Crippen LogP contribution in [-0.2, 0) is 22.7 Å². The van der Waals surface area contributed by atoms with Gasteiger partial charge in [0.25, 0.3) is 5.91 Å². The molecule has 1 aromatic heterocycles. The van der Waals surface area contributed by atoms with Gasteiger partial charge in [-0.1, -0.05) is 58.5 Å². The van der Waals surface area contributed by atoms with E-state index in [0.29, 0.717) is 57.2 Å². The van der Waals surface area contributed by atoms with Crippen LogP contribution >= 0.6 is 57.7 Å². The number of halogens is 4. The molecule has 2 aliphatic heterocycles. The second-order valence-corrected chi connectivity index (χ2v) is 14.2. The number of rotatable bonds is 12. The first kappa shape index (κ1) is 32.1. The van der Waals surface area contributed by atoms with Gasteiger partial charge >= 0.3 is 0 Å². The van der Waals surface area contributed by atoms with E-state index < -0.39 is 6.10 Å². The molecular weight excluding hydrogens is 664 g/mol. The maximum absolute atomic E-state index is 14.3. The molecule has 234 valence electrons. The number of hydrogen-bond donors (Lipinski definition) is 2. The van der Waals surface area contributed by atoms with Crippen molar-refractivity contribution in [2.24, 2.45) is 0 Å². The molecule has 12 heteroatoms. The zero-order valence-electron chi connectivity index (χ0n) is 24.1. The average Bonchev–Trinajstić information content (AvgIpc) is 3.61. The normalized spacial score (nSPS) is 20.2. The fourth-order valence-corrected chi connectivity index (χ4v) is 7.80. The monoisotopic (exact) mass is 695 g/mol. The summed E-state index contributed by atoms with van der Waals surface area (Å²) in [5.41, 5.74) is 3.41. The van der Waals surface area contributed by atoms with Gasteiger partial charge in [-0.15, -0.1) is 11.3 Å². The number of nitrogens with zero attached hydrogens (tertiary/aromatic N) is 2. The number of nitrogens with one attached hydrogen (secondary N) is 1. The van der Waals surface area contributed by atoms with Crippen LogP contribution < -0.4 is 10.1 Å². The van der Waals surface area contributed by atoms with Crippen LogP contribution in [0.25, 0.3) is 5.57 Å². The van der Waals surface area contributed by atoms with Gasteiger partial charge in [0.05, 0.1) is 44.3 Å². The quantitative estimate of drug-likeness (QED) is 0.188. The number of carbonyl (C=O) groups excluding carboxylic acids is 1. The van der Waals surface area contributed by atoms with Crippen molar-refractivity contribution in [1.29, 1.82) is 0 Å². The summed E-state index contributed by atoms with van der Waals surface area (Å²) in [7, 11) is 0. The third-order valence-electron chi connectivity index (χ3n) is 8.27. The van der Waals surface area contributed by atoms with Gasteiger partial charge in [0.1, 0.15) is 11.6 Å². The molecule has 1 amide bonds. The Balaban J connectivity index is 1.13. The summed E-state index contributed by atoms with van der Waals surface area (Å²) in [4.78, 5) is 21.9. The third-order valence-corrected chi connectivity index (χ3v) is 10.7. The van der Waals surface area contributed by atoms with E-state index in [1.54, 1.807) is 36.5 Å². The predicted molar refractivity (Wildman–Crippen MR) is 176 cm³/mol. The van der Waals surface area contributed by atoms with E-state index in [0.717, 1.165) is 58.7 Å². The Morgan fingerprint density at radius 2 is 1.89 bits per heavy atom. The summed E-state index contributed by atoms with van der Waals surface area (Å²) in [6.45, 7) is 2.95. The topological polar surface area (TPSA) is 83.9 Å². The first-order valence-electron chi connectivity index (χ1n) is 14.7. The number of carbonyl (C=O) groups is 1. The summed E-state index contributed by atoms with van der Waals surface area (Å²) in [6, 6.07) is 9.45. The Morgan fingerprint density at radius 3 is 2.61 bits per heavy atom. The molecule has 3 heterocycles. The molecule has 7 nitrogen and oxygen atoms in total. The molecule has 2 fully saturated rings. The summed E-state index contributed by atoms with van der Waals surface area (Å²) in [5, 5.41) is 15.9. The Bertz CT molecular complexity index is 1550. The molecule has 0 spiro atoms. The molecule has 0 unspecified atom stereocenters. The van der Waals surface area contributed by atoms with Crippen LogP contribution in [0.1, 0.15) is 66.1 Å². The Hall–Kier alpha value is -1.88. The van der Waals surface area contributed by atoms with Crippen molar-refractivity contribution in [3.05, 3.63) is 83.2 Å². The summed E-state index contributed by atoms with van der Waals surface area (Å²) in [6.07, 6.45) is 5.94. The maximum atomic E-state index is 14.3. The highest BCUT2D eigenvalue weighted by Gasteiger charge is 2.42. The number of aliphatic hydroxyl groups excluding tert-OH is 1. The SMILES string of the molecule is C[C@@H](O)c1cc(Cl)c(OCCOCc2ncc(C3=C(C(=O)N(Cc4cccc(Cl)c4Cl)C4CC4)[C@@H]4CC[C@H](C3)N4)s2)c(Cl)c1. The van der Waals surface area contributed by atoms with Crippen molar-refractivity contribution >= 4 is 69.2 Å². The summed E-state index contributed by atoms with van der Waals surface area (Å²) < 4.78 is 11.6. The molecule has 3 aromatic rings. The number of thiazole rings is 1. The second kappa shape index (κ2) is 13.9. The first-order chi connectivity index (χ1) is 21.2. The molecular formula is C32H33Cl4N3O4S. The zero-order chi connectivity index (χ0) is 31.0. The minimum atomic E-state index is -0.680. The number of amides is 1. The van der Waals surface area contributed by atoms with E-state index >= 15 is 0 Å². The second-order valence-electron chi connectivity index (χ2n) is 11.5. The van der Waals surface area contributed by atoms with Crippen LogP contribution in [0, 0.1) is 0 Å². The van der Waals surface area contributed by atoms with E-state index in [1.165, 1.54) is 0 Å². The Labute approximate surface area is 281 Å². The van der Waals surface area contributed by atoms with Crippen LogP contribution in [-0.4, -0.2) is 52.2 Å². The number of benzene rings is 2. The summed E-state index contributed by atoms with van der Waals surface area (Å²) >= 11 is 27.0. The van der Waals surface area contributed by atoms with Crippen LogP contribution in [0.15, 0.2) is 42.1 Å². The smallest absolute Gasteiger partial charge is 0.252 e. The number of aliphatic hydroxyl groups is 1. The average molecular weight is 698 g/mol. The Morgan fingerprint density at radius 1 is 1.11 bits per heavy atom. The van der Waals surface area contributed by atoms with E-state index in [2.05, 4.69) is 10.3 Å². The van der Waals surface area contributed by atoms with Crippen LogP contribution in [0.2, 0.25) is 20.1 Å². The van der Waals surface area contributed by atoms with Crippen molar-refractivity contribution in [1.82, 2.24) is 15.2 Å². The van der Waals surface area contributed by atoms with Gasteiger partial charge in [-0.2, -0.15) is 0 Å². The van der Waals surface area contributed by atoms with Gasteiger partial charge in [0, 0.05) is 36.4 Å². The van der Waals surface area contributed by atoms with Crippen molar-refractivity contribution in [3.63, 3.8) is 0 Å². The van der Waals surface area contributed by atoms with E-state index in [1.807, 2.05) is 23.2 Å². The minimum absolute atomic E-state index is 0.0274. The predicted octanol–water partition coefficient (Wildman–Crippen LogP) is 7.87. The molecule has 3 aliphatic rings. The molecule has 3 atom stereocenters. The van der Waals surface area contributed by atoms with Crippen LogP contribution in [0.3, 0.4) is 0 Å². The van der Waals surface area contributed by atoms with E-state index in [-0.39, 0.29) is 24.6 Å². The molecule has 2 bridgehead atoms. The van der Waals surface area contributed by atoms with Gasteiger partial charge in [-0.25, -0.2) is 4.98 Å². The highest BCUT2D eigenvalue weighted by Crippen LogP contribution is 2.42. The van der Waals surface area contributed by atoms with Gasteiger partial charge in [-0.05, 0) is 73.9 Å². The van der Waals surface area contributed by atoms with Crippen molar-refractivity contribution in [2.75, 3.05) is 13.2 Å². The van der Waals surface area contributed by atoms with Gasteiger partial charge in [0.15, 0.2) is 5.75 Å². The highest BCUT2D eigenvalue weighted by molar-refractivity contribution is 7.12.